The second-order valence-corrected chi connectivity index (χ2v) is 3.53. The first-order valence-electron chi connectivity index (χ1n) is 4.79. The van der Waals surface area contributed by atoms with Crippen LogP contribution in [0, 0.1) is 5.82 Å². The molecule has 7 heteroatoms. The Morgan fingerprint density at radius 2 is 2.24 bits per heavy atom. The second kappa shape index (κ2) is 3.27. The minimum Gasteiger partial charge on any atom is -0.504 e. The van der Waals surface area contributed by atoms with Crippen molar-refractivity contribution in [3.63, 3.8) is 0 Å². The molecule has 3 rings (SSSR count). The van der Waals surface area contributed by atoms with Gasteiger partial charge in [-0.1, -0.05) is 0 Å². The Labute approximate surface area is 94.8 Å². The largest absolute Gasteiger partial charge is 0.504 e. The summed E-state index contributed by atoms with van der Waals surface area (Å²) in [5, 5.41) is 16.0. The third-order valence-corrected chi connectivity index (χ3v) is 2.47. The first kappa shape index (κ1) is 9.76. The Balaban J connectivity index is 2.21. The van der Waals surface area contributed by atoms with E-state index in [1.165, 1.54) is 12.1 Å². The Morgan fingerprint density at radius 3 is 2.94 bits per heavy atom. The van der Waals surface area contributed by atoms with E-state index in [0.29, 0.717) is 5.69 Å². The van der Waals surface area contributed by atoms with E-state index in [2.05, 4.69) is 10.2 Å². The van der Waals surface area contributed by atoms with Crippen molar-refractivity contribution in [2.45, 2.75) is 0 Å². The number of rotatable bonds is 1. The van der Waals surface area contributed by atoms with Gasteiger partial charge in [-0.05, 0) is 6.07 Å². The number of nitrogens with one attached hydrogen (secondary N) is 1. The summed E-state index contributed by atoms with van der Waals surface area (Å²) >= 11 is 0. The average Bonchev–Trinajstić information content (AvgIpc) is 2.91. The van der Waals surface area contributed by atoms with Crippen molar-refractivity contribution in [2.24, 2.45) is 0 Å². The fourth-order valence-corrected chi connectivity index (χ4v) is 1.67. The number of hydrogen-bond donors (Lipinski definition) is 3. The van der Waals surface area contributed by atoms with Crippen molar-refractivity contribution < 1.29 is 19.0 Å². The van der Waals surface area contributed by atoms with Gasteiger partial charge < -0.3 is 20.3 Å². The highest BCUT2D eigenvalue weighted by molar-refractivity contribution is 5.73. The predicted molar refractivity (Wildman–Crippen MR) is 56.2 cm³/mol. The lowest BCUT2D eigenvalue weighted by Gasteiger charge is -2.05. The molecule has 0 amide bonds. The van der Waals surface area contributed by atoms with E-state index in [1.54, 1.807) is 0 Å². The maximum absolute atomic E-state index is 13.7. The molecule has 0 saturated heterocycles. The van der Waals surface area contributed by atoms with Gasteiger partial charge in [0.05, 0.1) is 5.69 Å². The summed E-state index contributed by atoms with van der Waals surface area (Å²) in [7, 11) is 0. The number of aromatic hydroxyl groups is 1. The van der Waals surface area contributed by atoms with Crippen LogP contribution in [0.15, 0.2) is 12.1 Å². The highest BCUT2D eigenvalue weighted by atomic mass is 19.1. The topological polar surface area (TPSA) is 93.4 Å². The van der Waals surface area contributed by atoms with Gasteiger partial charge in [-0.3, -0.25) is 5.10 Å². The van der Waals surface area contributed by atoms with Gasteiger partial charge in [0.1, 0.15) is 5.82 Å². The van der Waals surface area contributed by atoms with Crippen LogP contribution in [0.5, 0.6) is 17.2 Å². The molecule has 1 aromatic carbocycles. The van der Waals surface area contributed by atoms with Crippen LogP contribution in [-0.2, 0) is 0 Å². The molecule has 0 atom stereocenters. The van der Waals surface area contributed by atoms with Crippen molar-refractivity contribution in [1.29, 1.82) is 0 Å². The number of ether oxygens (including phenoxy) is 2. The summed E-state index contributed by atoms with van der Waals surface area (Å²) in [5.74, 6) is -0.985. The molecule has 88 valence electrons. The number of anilines is 1. The SMILES string of the molecule is Nc1cc(-c2cc3c(c(F)c2O)OCO3)[nH]n1. The van der Waals surface area contributed by atoms with Crippen LogP contribution >= 0.6 is 0 Å². The van der Waals surface area contributed by atoms with Crippen LogP contribution in [0.4, 0.5) is 10.2 Å². The number of nitrogens with two attached hydrogens (primary N) is 1. The number of aromatic nitrogens is 2. The smallest absolute Gasteiger partial charge is 0.231 e. The van der Waals surface area contributed by atoms with Crippen LogP contribution in [-0.4, -0.2) is 22.1 Å². The van der Waals surface area contributed by atoms with E-state index < -0.39 is 11.6 Å². The van der Waals surface area contributed by atoms with Crippen LogP contribution in [0.1, 0.15) is 0 Å². The molecule has 1 aliphatic rings. The lowest BCUT2D eigenvalue weighted by atomic mass is 10.1. The lowest BCUT2D eigenvalue weighted by Crippen LogP contribution is -1.93. The molecule has 4 N–H and O–H groups in total. The van der Waals surface area contributed by atoms with Crippen molar-refractivity contribution in [3.05, 3.63) is 17.9 Å². The predicted octanol–water partition coefficient (Wildman–Crippen LogP) is 1.23. The summed E-state index contributed by atoms with van der Waals surface area (Å²) in [4.78, 5) is 0. The van der Waals surface area contributed by atoms with Crippen molar-refractivity contribution in [1.82, 2.24) is 10.2 Å². The molecule has 0 unspecified atom stereocenters. The zero-order valence-corrected chi connectivity index (χ0v) is 8.53. The number of nitrogens with zero attached hydrogens (tertiary/aromatic N) is 1. The fourth-order valence-electron chi connectivity index (χ4n) is 1.67. The highest BCUT2D eigenvalue weighted by Crippen LogP contribution is 2.44. The van der Waals surface area contributed by atoms with E-state index in [1.807, 2.05) is 0 Å². The van der Waals surface area contributed by atoms with Gasteiger partial charge >= 0.3 is 0 Å². The number of halogens is 1. The quantitative estimate of drug-likeness (QED) is 0.693. The zero-order valence-electron chi connectivity index (χ0n) is 8.53. The van der Waals surface area contributed by atoms with E-state index in [4.69, 9.17) is 15.2 Å². The lowest BCUT2D eigenvalue weighted by molar-refractivity contribution is 0.170. The summed E-state index contributed by atoms with van der Waals surface area (Å²) in [6.45, 7) is -0.0692. The number of H-pyrrole nitrogens is 1. The molecule has 17 heavy (non-hydrogen) atoms. The number of phenols is 1. The average molecular weight is 237 g/mol. The van der Waals surface area contributed by atoms with Crippen molar-refractivity contribution >= 4 is 5.82 Å². The van der Waals surface area contributed by atoms with Crippen molar-refractivity contribution in [3.8, 4) is 28.5 Å². The van der Waals surface area contributed by atoms with Gasteiger partial charge in [-0.25, -0.2) is 0 Å². The van der Waals surface area contributed by atoms with Gasteiger partial charge in [-0.15, -0.1) is 0 Å². The number of phenolic OH excluding ortho intramolecular Hbond substituents is 1. The number of fused-ring (bicyclic) bond motifs is 1. The molecule has 0 fully saturated rings. The van der Waals surface area contributed by atoms with Crippen molar-refractivity contribution in [2.75, 3.05) is 12.5 Å². The summed E-state index contributed by atoms with van der Waals surface area (Å²) in [5.41, 5.74) is 6.06. The monoisotopic (exact) mass is 237 g/mol. The summed E-state index contributed by atoms with van der Waals surface area (Å²) in [6, 6.07) is 2.95. The van der Waals surface area contributed by atoms with Gasteiger partial charge in [0.15, 0.2) is 11.5 Å². The highest BCUT2D eigenvalue weighted by Gasteiger charge is 2.25. The third kappa shape index (κ3) is 1.36. The molecule has 0 spiro atoms. The molecule has 0 radical (unpaired) electrons. The molecular formula is C10H8FN3O3. The number of nitrogen functional groups attached to an aromatic ring is 1. The summed E-state index contributed by atoms with van der Waals surface area (Å²) in [6.07, 6.45) is 0. The first-order valence-corrected chi connectivity index (χ1v) is 4.79. The van der Waals surface area contributed by atoms with E-state index in [-0.39, 0.29) is 29.7 Å². The third-order valence-electron chi connectivity index (χ3n) is 2.47. The molecule has 1 aromatic heterocycles. The number of benzene rings is 1. The molecule has 2 aromatic rings. The van der Waals surface area contributed by atoms with E-state index in [9.17, 15) is 9.50 Å². The minimum absolute atomic E-state index is 0.0692. The maximum Gasteiger partial charge on any atom is 0.231 e. The van der Waals surface area contributed by atoms with Gasteiger partial charge in [0.2, 0.25) is 18.4 Å². The Kier molecular flexibility index (Phi) is 1.88. The van der Waals surface area contributed by atoms with E-state index in [0.717, 1.165) is 0 Å². The molecular weight excluding hydrogens is 229 g/mol. The Hall–Kier alpha value is -2.44. The van der Waals surface area contributed by atoms with Crippen LogP contribution < -0.4 is 15.2 Å². The second-order valence-electron chi connectivity index (χ2n) is 3.53. The number of aromatic amines is 1. The fraction of sp³-hybridized carbons (Fsp3) is 0.100. The van der Waals surface area contributed by atoms with Gasteiger partial charge in [0.25, 0.3) is 0 Å². The molecule has 2 heterocycles. The Morgan fingerprint density at radius 1 is 1.41 bits per heavy atom. The molecule has 0 saturated carbocycles. The van der Waals surface area contributed by atoms with E-state index >= 15 is 0 Å². The van der Waals surface area contributed by atoms with Crippen LogP contribution in [0.3, 0.4) is 0 Å². The van der Waals surface area contributed by atoms with Crippen LogP contribution in [0.25, 0.3) is 11.3 Å². The van der Waals surface area contributed by atoms with Crippen LogP contribution in [0.2, 0.25) is 0 Å². The maximum atomic E-state index is 13.7. The zero-order chi connectivity index (χ0) is 12.0. The summed E-state index contributed by atoms with van der Waals surface area (Å²) < 4.78 is 23.7. The minimum atomic E-state index is -0.858. The molecule has 1 aliphatic heterocycles. The molecule has 0 aliphatic carbocycles. The normalized spacial score (nSPS) is 13.0. The first-order chi connectivity index (χ1) is 8.16. The van der Waals surface area contributed by atoms with Gasteiger partial charge in [0, 0.05) is 11.6 Å². The standard InChI is InChI=1S/C10H8FN3O3/c11-8-9(15)4(5-2-7(12)14-13-5)1-6-10(8)17-3-16-6/h1-2,15H,3H2,(H3,12,13,14). The Bertz CT molecular complexity index is 597. The molecule has 6 nitrogen and oxygen atoms in total. The van der Waals surface area contributed by atoms with Gasteiger partial charge in [-0.2, -0.15) is 9.49 Å². The number of hydrogen-bond acceptors (Lipinski definition) is 5. The molecule has 0 bridgehead atoms.